The van der Waals surface area contributed by atoms with Crippen LogP contribution in [0.3, 0.4) is 0 Å². The van der Waals surface area contributed by atoms with E-state index in [2.05, 4.69) is 5.32 Å². The van der Waals surface area contributed by atoms with E-state index in [1.54, 1.807) is 18.2 Å². The van der Waals surface area contributed by atoms with Crippen molar-refractivity contribution in [3.63, 3.8) is 0 Å². The molecule has 2 aromatic carbocycles. The van der Waals surface area contributed by atoms with E-state index in [0.29, 0.717) is 43.2 Å². The second-order valence-electron chi connectivity index (χ2n) is 6.93. The third-order valence-electron chi connectivity index (χ3n) is 4.99. The molecular weight excluding hydrogens is 399 g/mol. The molecule has 7 nitrogen and oxygen atoms in total. The number of anilines is 1. The molecule has 0 saturated carbocycles. The highest BCUT2D eigenvalue weighted by Crippen LogP contribution is 2.33. The number of carbonyl (C=O) groups excluding carboxylic acids is 1. The van der Waals surface area contributed by atoms with E-state index in [4.69, 9.17) is 9.47 Å². The number of piperidine rings is 1. The van der Waals surface area contributed by atoms with Crippen LogP contribution < -0.4 is 14.8 Å². The van der Waals surface area contributed by atoms with Gasteiger partial charge in [0.15, 0.2) is 11.5 Å². The molecule has 0 radical (unpaired) electrons. The third kappa shape index (κ3) is 4.06. The van der Waals surface area contributed by atoms with Gasteiger partial charge in [-0.15, -0.1) is 0 Å². The average Bonchev–Trinajstić information content (AvgIpc) is 2.74. The van der Waals surface area contributed by atoms with Crippen molar-refractivity contribution >= 4 is 21.6 Å². The number of hydrogen-bond donors (Lipinski definition) is 1. The standard InChI is InChI=1S/C20H21FN2O5S/c21-14-4-7-16(8-5-14)29(25,26)23-10-2-1-3-17(23)20(24)22-15-6-9-18-19(13-15)28-12-11-27-18/h4-9,13,17H,1-3,10-12H2,(H,22,24)/t17-/m1/s1. The monoisotopic (exact) mass is 420 g/mol. The first-order valence-electron chi connectivity index (χ1n) is 9.43. The minimum absolute atomic E-state index is 0.0297. The molecule has 2 heterocycles. The lowest BCUT2D eigenvalue weighted by Gasteiger charge is -2.33. The lowest BCUT2D eigenvalue weighted by Crippen LogP contribution is -2.49. The van der Waals surface area contributed by atoms with Crippen molar-refractivity contribution in [2.24, 2.45) is 0 Å². The Morgan fingerprint density at radius 1 is 1.03 bits per heavy atom. The minimum Gasteiger partial charge on any atom is -0.486 e. The number of benzene rings is 2. The fraction of sp³-hybridized carbons (Fsp3) is 0.350. The Kier molecular flexibility index (Phi) is 5.42. The second kappa shape index (κ2) is 8.00. The van der Waals surface area contributed by atoms with Crippen molar-refractivity contribution in [2.75, 3.05) is 25.1 Å². The number of ether oxygens (including phenoxy) is 2. The van der Waals surface area contributed by atoms with Gasteiger partial charge in [0.25, 0.3) is 0 Å². The molecule has 4 rings (SSSR count). The van der Waals surface area contributed by atoms with E-state index in [1.165, 1.54) is 16.4 Å². The summed E-state index contributed by atoms with van der Waals surface area (Å²) in [5, 5.41) is 2.78. The molecule has 154 valence electrons. The first-order chi connectivity index (χ1) is 13.9. The predicted molar refractivity (Wildman–Crippen MR) is 104 cm³/mol. The molecule has 29 heavy (non-hydrogen) atoms. The summed E-state index contributed by atoms with van der Waals surface area (Å²) in [6.07, 6.45) is 1.82. The predicted octanol–water partition coefficient (Wildman–Crippen LogP) is 2.78. The van der Waals surface area contributed by atoms with E-state index in [9.17, 15) is 17.6 Å². The van der Waals surface area contributed by atoms with Gasteiger partial charge in [-0.2, -0.15) is 4.31 Å². The van der Waals surface area contributed by atoms with Crippen LogP contribution >= 0.6 is 0 Å². The van der Waals surface area contributed by atoms with Crippen LogP contribution in [-0.4, -0.2) is 44.4 Å². The molecule has 1 amide bonds. The number of halogens is 1. The van der Waals surface area contributed by atoms with Gasteiger partial charge in [0.2, 0.25) is 15.9 Å². The molecule has 2 aliphatic rings. The molecule has 0 bridgehead atoms. The van der Waals surface area contributed by atoms with E-state index in [0.717, 1.165) is 18.6 Å². The van der Waals surface area contributed by atoms with Crippen molar-refractivity contribution < 1.29 is 27.1 Å². The second-order valence-corrected chi connectivity index (χ2v) is 8.82. The number of fused-ring (bicyclic) bond motifs is 1. The topological polar surface area (TPSA) is 84.9 Å². The Labute approximate surface area is 168 Å². The zero-order chi connectivity index (χ0) is 20.4. The molecule has 0 aliphatic carbocycles. The van der Waals surface area contributed by atoms with Crippen LogP contribution in [0.2, 0.25) is 0 Å². The van der Waals surface area contributed by atoms with E-state index >= 15 is 0 Å². The highest BCUT2D eigenvalue weighted by atomic mass is 32.2. The zero-order valence-corrected chi connectivity index (χ0v) is 16.5. The molecule has 1 atom stereocenters. The first kappa shape index (κ1) is 19.7. The van der Waals surface area contributed by atoms with Crippen LogP contribution in [0.4, 0.5) is 10.1 Å². The van der Waals surface area contributed by atoms with E-state index < -0.39 is 27.8 Å². The lowest BCUT2D eigenvalue weighted by atomic mass is 10.0. The van der Waals surface area contributed by atoms with Crippen LogP contribution in [-0.2, 0) is 14.8 Å². The summed E-state index contributed by atoms with van der Waals surface area (Å²) in [4.78, 5) is 12.9. The molecule has 1 saturated heterocycles. The maximum atomic E-state index is 13.2. The number of rotatable bonds is 4. The molecule has 2 aromatic rings. The Bertz CT molecular complexity index is 1010. The smallest absolute Gasteiger partial charge is 0.243 e. The maximum Gasteiger partial charge on any atom is 0.243 e. The van der Waals surface area contributed by atoms with E-state index in [1.807, 2.05) is 0 Å². The van der Waals surface area contributed by atoms with Crippen LogP contribution in [0.5, 0.6) is 11.5 Å². The highest BCUT2D eigenvalue weighted by Gasteiger charge is 2.37. The van der Waals surface area contributed by atoms with Gasteiger partial charge in [-0.3, -0.25) is 4.79 Å². The largest absolute Gasteiger partial charge is 0.486 e. The van der Waals surface area contributed by atoms with Crippen molar-refractivity contribution in [3.8, 4) is 11.5 Å². The van der Waals surface area contributed by atoms with Crippen LogP contribution in [0.1, 0.15) is 19.3 Å². The van der Waals surface area contributed by atoms with Gasteiger partial charge in [0.1, 0.15) is 25.1 Å². The summed E-state index contributed by atoms with van der Waals surface area (Å²) in [6, 6.07) is 8.85. The van der Waals surface area contributed by atoms with Gasteiger partial charge in [-0.1, -0.05) is 6.42 Å². The van der Waals surface area contributed by atoms with Gasteiger partial charge in [-0.05, 0) is 49.2 Å². The molecule has 0 spiro atoms. The van der Waals surface area contributed by atoms with Crippen molar-refractivity contribution in [2.45, 2.75) is 30.2 Å². The average molecular weight is 420 g/mol. The van der Waals surface area contributed by atoms with E-state index in [-0.39, 0.29) is 11.4 Å². The quantitative estimate of drug-likeness (QED) is 0.822. The van der Waals surface area contributed by atoms with Crippen molar-refractivity contribution in [1.82, 2.24) is 4.31 Å². The van der Waals surface area contributed by atoms with Crippen molar-refractivity contribution in [3.05, 3.63) is 48.3 Å². The highest BCUT2D eigenvalue weighted by molar-refractivity contribution is 7.89. The van der Waals surface area contributed by atoms with Crippen molar-refractivity contribution in [1.29, 1.82) is 0 Å². The Balaban J connectivity index is 1.55. The fourth-order valence-corrected chi connectivity index (χ4v) is 5.20. The Morgan fingerprint density at radius 2 is 1.76 bits per heavy atom. The summed E-state index contributed by atoms with van der Waals surface area (Å²) < 4.78 is 51.5. The van der Waals surface area contributed by atoms with Gasteiger partial charge in [-0.25, -0.2) is 12.8 Å². The molecule has 1 fully saturated rings. The fourth-order valence-electron chi connectivity index (χ4n) is 3.54. The third-order valence-corrected chi connectivity index (χ3v) is 6.91. The van der Waals surface area contributed by atoms with Crippen LogP contribution in [0, 0.1) is 5.82 Å². The van der Waals surface area contributed by atoms with Crippen LogP contribution in [0.15, 0.2) is 47.4 Å². The summed E-state index contributed by atoms with van der Waals surface area (Å²) in [5.74, 6) is 0.212. The Hall–Kier alpha value is -2.65. The van der Waals surface area contributed by atoms with Gasteiger partial charge >= 0.3 is 0 Å². The summed E-state index contributed by atoms with van der Waals surface area (Å²) in [7, 11) is -3.92. The number of sulfonamides is 1. The maximum absolute atomic E-state index is 13.2. The lowest BCUT2D eigenvalue weighted by molar-refractivity contribution is -0.120. The van der Waals surface area contributed by atoms with Gasteiger partial charge in [0, 0.05) is 18.3 Å². The SMILES string of the molecule is O=C(Nc1ccc2c(c1)OCCO2)[C@H]1CCCCN1S(=O)(=O)c1ccc(F)cc1. The molecule has 1 N–H and O–H groups in total. The van der Waals surface area contributed by atoms with Gasteiger partial charge in [0.05, 0.1) is 4.90 Å². The number of nitrogens with one attached hydrogen (secondary N) is 1. The number of amides is 1. The summed E-state index contributed by atoms with van der Waals surface area (Å²) in [5.41, 5.74) is 0.504. The summed E-state index contributed by atoms with van der Waals surface area (Å²) >= 11 is 0. The molecule has 0 aromatic heterocycles. The number of carbonyl (C=O) groups is 1. The molecule has 9 heteroatoms. The Morgan fingerprint density at radius 3 is 2.52 bits per heavy atom. The molecule has 2 aliphatic heterocycles. The first-order valence-corrected chi connectivity index (χ1v) is 10.9. The molecule has 0 unspecified atom stereocenters. The summed E-state index contributed by atoms with van der Waals surface area (Å²) in [6.45, 7) is 1.13. The minimum atomic E-state index is -3.92. The normalized spacial score (nSPS) is 19.6. The number of nitrogens with zero attached hydrogens (tertiary/aromatic N) is 1. The van der Waals surface area contributed by atoms with Gasteiger partial charge < -0.3 is 14.8 Å². The molecular formula is C20H21FN2O5S. The number of hydrogen-bond acceptors (Lipinski definition) is 5. The van der Waals surface area contributed by atoms with Crippen LogP contribution in [0.25, 0.3) is 0 Å². The zero-order valence-electron chi connectivity index (χ0n) is 15.6.